The van der Waals surface area contributed by atoms with Gasteiger partial charge in [-0.1, -0.05) is 0 Å². The summed E-state index contributed by atoms with van der Waals surface area (Å²) in [6.45, 7) is 0.664. The first kappa shape index (κ1) is 12.0. The first-order valence-corrected chi connectivity index (χ1v) is 6.91. The molecule has 0 aliphatic carbocycles. The largest absolute Gasteiger partial charge is 0.468 e. The molecule has 1 atom stereocenters. The van der Waals surface area contributed by atoms with E-state index in [1.54, 1.807) is 13.4 Å². The average molecular weight is 241 g/mol. The predicted octanol–water partition coefficient (Wildman–Crippen LogP) is 2.45. The highest BCUT2D eigenvalue weighted by molar-refractivity contribution is 7.99. The summed E-state index contributed by atoms with van der Waals surface area (Å²) >= 11 is 2.04. The molecule has 1 aliphatic rings. The fraction of sp³-hybridized carbons (Fsp3) is 0.667. The van der Waals surface area contributed by atoms with E-state index >= 15 is 0 Å². The van der Waals surface area contributed by atoms with Crippen LogP contribution in [0.1, 0.15) is 24.6 Å². The quantitative estimate of drug-likeness (QED) is 0.858. The summed E-state index contributed by atoms with van der Waals surface area (Å²) in [4.78, 5) is 0. The molecule has 1 unspecified atom stereocenters. The van der Waals surface area contributed by atoms with Crippen LogP contribution in [0.3, 0.4) is 0 Å². The molecular formula is C12H19NO2S. The second-order valence-corrected chi connectivity index (χ2v) is 5.30. The van der Waals surface area contributed by atoms with Crippen LogP contribution in [0.5, 0.6) is 0 Å². The predicted molar refractivity (Wildman–Crippen MR) is 66.8 cm³/mol. The van der Waals surface area contributed by atoms with Gasteiger partial charge in [0.1, 0.15) is 5.76 Å². The van der Waals surface area contributed by atoms with Gasteiger partial charge in [0.2, 0.25) is 0 Å². The molecule has 2 heterocycles. The minimum absolute atomic E-state index is 0.188. The molecule has 1 saturated heterocycles. The fourth-order valence-electron chi connectivity index (χ4n) is 2.02. The van der Waals surface area contributed by atoms with Crippen LogP contribution >= 0.6 is 11.8 Å². The highest BCUT2D eigenvalue weighted by Crippen LogP contribution is 2.21. The number of hydrogen-bond donors (Lipinski definition) is 1. The van der Waals surface area contributed by atoms with E-state index < -0.39 is 0 Å². The number of ether oxygens (including phenoxy) is 1. The molecular weight excluding hydrogens is 222 g/mol. The highest BCUT2D eigenvalue weighted by Gasteiger charge is 2.20. The SMILES string of the molecule is COCC(NC1CCSCC1)c1ccco1. The van der Waals surface area contributed by atoms with E-state index in [0.29, 0.717) is 12.6 Å². The minimum Gasteiger partial charge on any atom is -0.468 e. The Labute approximate surface area is 101 Å². The topological polar surface area (TPSA) is 34.4 Å². The average Bonchev–Trinajstić information content (AvgIpc) is 2.83. The van der Waals surface area contributed by atoms with Crippen molar-refractivity contribution in [3.05, 3.63) is 24.2 Å². The normalized spacial score (nSPS) is 19.8. The van der Waals surface area contributed by atoms with Gasteiger partial charge in [0, 0.05) is 13.2 Å². The Hall–Kier alpha value is -0.450. The monoisotopic (exact) mass is 241 g/mol. The Balaban J connectivity index is 1.91. The zero-order valence-corrected chi connectivity index (χ0v) is 10.5. The lowest BCUT2D eigenvalue weighted by atomic mass is 10.1. The molecule has 1 fully saturated rings. The van der Waals surface area contributed by atoms with Crippen molar-refractivity contribution in [1.29, 1.82) is 0 Å². The van der Waals surface area contributed by atoms with Crippen molar-refractivity contribution in [2.45, 2.75) is 24.9 Å². The minimum atomic E-state index is 0.188. The van der Waals surface area contributed by atoms with Crippen LogP contribution in [0.15, 0.2) is 22.8 Å². The van der Waals surface area contributed by atoms with Gasteiger partial charge in [-0.15, -0.1) is 0 Å². The van der Waals surface area contributed by atoms with Crippen LogP contribution in [0.25, 0.3) is 0 Å². The molecule has 1 aliphatic heterocycles. The molecule has 3 nitrogen and oxygen atoms in total. The number of nitrogens with one attached hydrogen (secondary N) is 1. The molecule has 90 valence electrons. The van der Waals surface area contributed by atoms with Crippen LogP contribution in [0, 0.1) is 0 Å². The molecule has 16 heavy (non-hydrogen) atoms. The van der Waals surface area contributed by atoms with E-state index in [-0.39, 0.29) is 6.04 Å². The molecule has 2 rings (SSSR count). The maximum Gasteiger partial charge on any atom is 0.123 e. The molecule has 1 aromatic heterocycles. The van der Waals surface area contributed by atoms with Crippen molar-refractivity contribution in [3.8, 4) is 0 Å². The number of furan rings is 1. The smallest absolute Gasteiger partial charge is 0.123 e. The van der Waals surface area contributed by atoms with E-state index in [1.807, 2.05) is 23.9 Å². The third kappa shape index (κ3) is 3.27. The van der Waals surface area contributed by atoms with Gasteiger partial charge in [-0.05, 0) is 36.5 Å². The summed E-state index contributed by atoms with van der Waals surface area (Å²) in [7, 11) is 1.73. The van der Waals surface area contributed by atoms with E-state index in [4.69, 9.17) is 9.15 Å². The van der Waals surface area contributed by atoms with Crippen molar-refractivity contribution in [2.75, 3.05) is 25.2 Å². The van der Waals surface area contributed by atoms with Gasteiger partial charge in [-0.2, -0.15) is 11.8 Å². The lowest BCUT2D eigenvalue weighted by Gasteiger charge is -2.27. The number of hydrogen-bond acceptors (Lipinski definition) is 4. The third-order valence-corrected chi connectivity index (χ3v) is 3.93. The second-order valence-electron chi connectivity index (χ2n) is 4.08. The molecule has 0 radical (unpaired) electrons. The molecule has 0 saturated carbocycles. The lowest BCUT2D eigenvalue weighted by Crippen LogP contribution is -2.37. The molecule has 0 amide bonds. The summed E-state index contributed by atoms with van der Waals surface area (Å²) in [5.41, 5.74) is 0. The summed E-state index contributed by atoms with van der Waals surface area (Å²) < 4.78 is 10.7. The van der Waals surface area contributed by atoms with E-state index in [2.05, 4.69) is 5.32 Å². The Morgan fingerprint density at radius 2 is 2.38 bits per heavy atom. The molecule has 1 N–H and O–H groups in total. The van der Waals surface area contributed by atoms with Crippen LogP contribution in [0.2, 0.25) is 0 Å². The van der Waals surface area contributed by atoms with Crippen molar-refractivity contribution in [1.82, 2.24) is 5.32 Å². The van der Waals surface area contributed by atoms with Crippen molar-refractivity contribution >= 4 is 11.8 Å². The second kappa shape index (κ2) is 6.33. The number of rotatable bonds is 5. The Morgan fingerprint density at radius 3 is 3.00 bits per heavy atom. The van der Waals surface area contributed by atoms with Crippen molar-refractivity contribution in [2.24, 2.45) is 0 Å². The summed E-state index contributed by atoms with van der Waals surface area (Å²) in [6.07, 6.45) is 4.20. The maximum absolute atomic E-state index is 5.44. The van der Waals surface area contributed by atoms with Crippen LogP contribution in [-0.2, 0) is 4.74 Å². The van der Waals surface area contributed by atoms with E-state index in [9.17, 15) is 0 Å². The lowest BCUT2D eigenvalue weighted by molar-refractivity contribution is 0.149. The van der Waals surface area contributed by atoms with Gasteiger partial charge in [-0.3, -0.25) is 0 Å². The molecule has 0 bridgehead atoms. The third-order valence-electron chi connectivity index (χ3n) is 2.88. The Kier molecular flexibility index (Phi) is 4.75. The van der Waals surface area contributed by atoms with Crippen LogP contribution in [-0.4, -0.2) is 31.3 Å². The fourth-order valence-corrected chi connectivity index (χ4v) is 3.12. The maximum atomic E-state index is 5.44. The van der Waals surface area contributed by atoms with Crippen LogP contribution in [0.4, 0.5) is 0 Å². The Morgan fingerprint density at radius 1 is 1.56 bits per heavy atom. The van der Waals surface area contributed by atoms with Gasteiger partial charge in [0.25, 0.3) is 0 Å². The van der Waals surface area contributed by atoms with Crippen LogP contribution < -0.4 is 5.32 Å². The first-order valence-electron chi connectivity index (χ1n) is 5.76. The van der Waals surface area contributed by atoms with Gasteiger partial charge in [-0.25, -0.2) is 0 Å². The molecule has 4 heteroatoms. The van der Waals surface area contributed by atoms with E-state index in [0.717, 1.165) is 5.76 Å². The van der Waals surface area contributed by atoms with Gasteiger partial charge < -0.3 is 14.5 Å². The summed E-state index contributed by atoms with van der Waals surface area (Å²) in [6, 6.07) is 4.73. The first-order chi connectivity index (χ1) is 7.90. The molecule has 0 aromatic carbocycles. The summed E-state index contributed by atoms with van der Waals surface area (Å²) in [5, 5.41) is 3.63. The number of methoxy groups -OCH3 is 1. The van der Waals surface area contributed by atoms with E-state index in [1.165, 1.54) is 24.3 Å². The molecule has 0 spiro atoms. The standard InChI is InChI=1S/C12H19NO2S/c1-14-9-11(12-3-2-6-15-12)13-10-4-7-16-8-5-10/h2-3,6,10-11,13H,4-5,7-9H2,1H3. The van der Waals surface area contributed by atoms with Crippen molar-refractivity contribution < 1.29 is 9.15 Å². The molecule has 1 aromatic rings. The Bertz CT molecular complexity index is 283. The highest BCUT2D eigenvalue weighted by atomic mass is 32.2. The van der Waals surface area contributed by atoms with Gasteiger partial charge in [0.05, 0.1) is 18.9 Å². The zero-order valence-electron chi connectivity index (χ0n) is 9.65. The summed E-state index contributed by atoms with van der Waals surface area (Å²) in [5.74, 6) is 3.49. The van der Waals surface area contributed by atoms with Gasteiger partial charge >= 0.3 is 0 Å². The van der Waals surface area contributed by atoms with Crippen molar-refractivity contribution in [3.63, 3.8) is 0 Å². The van der Waals surface area contributed by atoms with Gasteiger partial charge in [0.15, 0.2) is 0 Å². The number of thioether (sulfide) groups is 1. The zero-order chi connectivity index (χ0) is 11.2.